The van der Waals surface area contributed by atoms with Gasteiger partial charge >= 0.3 is 0 Å². The van der Waals surface area contributed by atoms with Crippen molar-refractivity contribution in [2.75, 3.05) is 32.0 Å². The second kappa shape index (κ2) is 5.78. The molecule has 0 radical (unpaired) electrons. The Labute approximate surface area is 111 Å². The van der Waals surface area contributed by atoms with Gasteiger partial charge in [0.2, 0.25) is 0 Å². The van der Waals surface area contributed by atoms with Gasteiger partial charge in [-0.3, -0.25) is 0 Å². The summed E-state index contributed by atoms with van der Waals surface area (Å²) in [7, 11) is 2.19. The average Bonchev–Trinajstić information content (AvgIpc) is 2.25. The van der Waals surface area contributed by atoms with Crippen LogP contribution in [0.3, 0.4) is 0 Å². The van der Waals surface area contributed by atoms with Crippen molar-refractivity contribution in [3.8, 4) is 0 Å². The van der Waals surface area contributed by atoms with Gasteiger partial charge in [0.25, 0.3) is 0 Å². The standard InChI is InChI=1S/C12H19BrN4/c1-9-15-11(13)6-12(16-9)14-7-10-4-3-5-17(2)8-10/h6,10H,3-5,7-8H2,1-2H3,(H,14,15,16). The quantitative estimate of drug-likeness (QED) is 0.870. The van der Waals surface area contributed by atoms with Crippen molar-refractivity contribution < 1.29 is 0 Å². The molecule has 1 saturated heterocycles. The lowest BCUT2D eigenvalue weighted by Crippen LogP contribution is -2.35. The third kappa shape index (κ3) is 3.92. The highest BCUT2D eigenvalue weighted by molar-refractivity contribution is 9.10. The predicted molar refractivity (Wildman–Crippen MR) is 73.2 cm³/mol. The van der Waals surface area contributed by atoms with E-state index in [1.807, 2.05) is 13.0 Å². The van der Waals surface area contributed by atoms with Gasteiger partial charge in [-0.25, -0.2) is 9.97 Å². The third-order valence-corrected chi connectivity index (χ3v) is 3.51. The number of nitrogens with zero attached hydrogens (tertiary/aromatic N) is 3. The van der Waals surface area contributed by atoms with Crippen LogP contribution in [0.25, 0.3) is 0 Å². The summed E-state index contributed by atoms with van der Waals surface area (Å²) in [5.41, 5.74) is 0. The second-order valence-corrected chi connectivity index (χ2v) is 5.59. The minimum Gasteiger partial charge on any atom is -0.370 e. The van der Waals surface area contributed by atoms with Crippen molar-refractivity contribution in [2.24, 2.45) is 5.92 Å². The van der Waals surface area contributed by atoms with Crippen molar-refractivity contribution in [2.45, 2.75) is 19.8 Å². The van der Waals surface area contributed by atoms with Gasteiger partial charge in [-0.2, -0.15) is 0 Å². The van der Waals surface area contributed by atoms with E-state index in [9.17, 15) is 0 Å². The number of halogens is 1. The van der Waals surface area contributed by atoms with Crippen LogP contribution in [0, 0.1) is 12.8 Å². The summed E-state index contributed by atoms with van der Waals surface area (Å²) >= 11 is 3.39. The molecule has 0 bridgehead atoms. The molecule has 1 aromatic rings. The molecule has 0 aliphatic carbocycles. The van der Waals surface area contributed by atoms with E-state index < -0.39 is 0 Å². The molecule has 5 heteroatoms. The van der Waals surface area contributed by atoms with Crippen LogP contribution < -0.4 is 5.32 Å². The maximum Gasteiger partial charge on any atom is 0.130 e. The molecule has 1 aliphatic rings. The van der Waals surface area contributed by atoms with Crippen LogP contribution in [0.4, 0.5) is 5.82 Å². The Balaban J connectivity index is 1.88. The molecule has 94 valence electrons. The van der Waals surface area contributed by atoms with Crippen molar-refractivity contribution >= 4 is 21.7 Å². The molecule has 1 atom stereocenters. The summed E-state index contributed by atoms with van der Waals surface area (Å²) in [5, 5.41) is 3.41. The van der Waals surface area contributed by atoms with Crippen molar-refractivity contribution in [3.05, 3.63) is 16.5 Å². The van der Waals surface area contributed by atoms with Gasteiger partial charge in [0.05, 0.1) is 0 Å². The number of hydrogen-bond donors (Lipinski definition) is 1. The van der Waals surface area contributed by atoms with E-state index in [0.717, 1.165) is 28.7 Å². The van der Waals surface area contributed by atoms with Crippen LogP contribution in [-0.4, -0.2) is 41.5 Å². The van der Waals surface area contributed by atoms with E-state index in [1.54, 1.807) is 0 Å². The molecule has 1 unspecified atom stereocenters. The number of nitrogens with one attached hydrogen (secondary N) is 1. The first-order chi connectivity index (χ1) is 8.13. The van der Waals surface area contributed by atoms with Crippen LogP contribution in [0.1, 0.15) is 18.7 Å². The zero-order valence-corrected chi connectivity index (χ0v) is 12.0. The predicted octanol–water partition coefficient (Wildman–Crippen LogP) is 2.30. The molecular weight excluding hydrogens is 280 g/mol. The summed E-state index contributed by atoms with van der Waals surface area (Å²) < 4.78 is 0.841. The van der Waals surface area contributed by atoms with Crippen LogP contribution in [0.5, 0.6) is 0 Å². The molecule has 0 amide bonds. The Hall–Kier alpha value is -0.680. The first-order valence-electron chi connectivity index (χ1n) is 6.07. The Morgan fingerprint density at radius 2 is 2.35 bits per heavy atom. The summed E-state index contributed by atoms with van der Waals surface area (Å²) in [6.07, 6.45) is 2.61. The van der Waals surface area contributed by atoms with Gasteiger partial charge in [0.15, 0.2) is 0 Å². The highest BCUT2D eigenvalue weighted by Gasteiger charge is 2.16. The number of hydrogen-bond acceptors (Lipinski definition) is 4. The molecule has 2 heterocycles. The van der Waals surface area contributed by atoms with Crippen LogP contribution >= 0.6 is 15.9 Å². The first-order valence-corrected chi connectivity index (χ1v) is 6.86. The number of rotatable bonds is 3. The average molecular weight is 299 g/mol. The molecule has 4 nitrogen and oxygen atoms in total. The molecule has 0 aromatic carbocycles. The lowest BCUT2D eigenvalue weighted by Gasteiger charge is -2.29. The smallest absolute Gasteiger partial charge is 0.130 e. The normalized spacial score (nSPS) is 21.5. The highest BCUT2D eigenvalue weighted by atomic mass is 79.9. The van der Waals surface area contributed by atoms with E-state index in [2.05, 4.69) is 43.2 Å². The molecule has 0 saturated carbocycles. The van der Waals surface area contributed by atoms with E-state index in [4.69, 9.17) is 0 Å². The van der Waals surface area contributed by atoms with E-state index in [-0.39, 0.29) is 0 Å². The zero-order valence-electron chi connectivity index (χ0n) is 10.4. The fourth-order valence-corrected chi connectivity index (χ4v) is 2.78. The fraction of sp³-hybridized carbons (Fsp3) is 0.667. The Morgan fingerprint density at radius 1 is 1.53 bits per heavy atom. The minimum absolute atomic E-state index is 0.725. The Kier molecular flexibility index (Phi) is 4.34. The van der Waals surface area contributed by atoms with Gasteiger partial charge in [0.1, 0.15) is 16.2 Å². The van der Waals surface area contributed by atoms with Crippen molar-refractivity contribution in [1.29, 1.82) is 0 Å². The lowest BCUT2D eigenvalue weighted by atomic mass is 9.98. The highest BCUT2D eigenvalue weighted by Crippen LogP contribution is 2.17. The van der Waals surface area contributed by atoms with Gasteiger partial charge in [-0.1, -0.05) is 0 Å². The van der Waals surface area contributed by atoms with Gasteiger partial charge in [0, 0.05) is 19.2 Å². The van der Waals surface area contributed by atoms with Gasteiger partial charge < -0.3 is 10.2 Å². The molecular formula is C12H19BrN4. The number of anilines is 1. The van der Waals surface area contributed by atoms with Crippen LogP contribution in [-0.2, 0) is 0 Å². The van der Waals surface area contributed by atoms with Gasteiger partial charge in [-0.05, 0) is 55.2 Å². The number of aryl methyl sites for hydroxylation is 1. The number of aromatic nitrogens is 2. The summed E-state index contributed by atoms with van der Waals surface area (Å²) in [4.78, 5) is 11.0. The lowest BCUT2D eigenvalue weighted by molar-refractivity contribution is 0.217. The maximum absolute atomic E-state index is 4.37. The summed E-state index contributed by atoms with van der Waals surface area (Å²) in [5.74, 6) is 2.43. The molecule has 1 aromatic heterocycles. The largest absolute Gasteiger partial charge is 0.370 e. The number of piperidine rings is 1. The molecule has 1 fully saturated rings. The molecule has 1 N–H and O–H groups in total. The maximum atomic E-state index is 4.37. The monoisotopic (exact) mass is 298 g/mol. The summed E-state index contributed by atoms with van der Waals surface area (Å²) in [6, 6.07) is 1.93. The van der Waals surface area contributed by atoms with Gasteiger partial charge in [-0.15, -0.1) is 0 Å². The van der Waals surface area contributed by atoms with E-state index in [0.29, 0.717) is 0 Å². The molecule has 0 spiro atoms. The van der Waals surface area contributed by atoms with Crippen molar-refractivity contribution in [1.82, 2.24) is 14.9 Å². The van der Waals surface area contributed by atoms with Crippen LogP contribution in [0.2, 0.25) is 0 Å². The molecule has 1 aliphatic heterocycles. The molecule has 2 rings (SSSR count). The second-order valence-electron chi connectivity index (χ2n) is 4.77. The zero-order chi connectivity index (χ0) is 12.3. The number of likely N-dealkylation sites (tertiary alicyclic amines) is 1. The first kappa shape index (κ1) is 12.8. The van der Waals surface area contributed by atoms with E-state index in [1.165, 1.54) is 25.9 Å². The topological polar surface area (TPSA) is 41.1 Å². The molecule has 17 heavy (non-hydrogen) atoms. The summed E-state index contributed by atoms with van der Waals surface area (Å²) in [6.45, 7) is 5.31. The van der Waals surface area contributed by atoms with E-state index >= 15 is 0 Å². The van der Waals surface area contributed by atoms with Crippen LogP contribution in [0.15, 0.2) is 10.7 Å². The third-order valence-electron chi connectivity index (χ3n) is 3.10. The minimum atomic E-state index is 0.725. The SMILES string of the molecule is Cc1nc(Br)cc(NCC2CCCN(C)C2)n1. The Morgan fingerprint density at radius 3 is 3.06 bits per heavy atom. The Bertz CT molecular complexity index is 363. The fourth-order valence-electron chi connectivity index (χ4n) is 2.31. The van der Waals surface area contributed by atoms with Crippen molar-refractivity contribution in [3.63, 3.8) is 0 Å².